The van der Waals surface area contributed by atoms with Crippen molar-refractivity contribution in [2.45, 2.75) is 33.0 Å². The second kappa shape index (κ2) is 11.4. The molecular weight excluding hydrogens is 460 g/mol. The van der Waals surface area contributed by atoms with Crippen LogP contribution >= 0.6 is 0 Å². The van der Waals surface area contributed by atoms with Crippen LogP contribution in [0.1, 0.15) is 31.9 Å². The van der Waals surface area contributed by atoms with E-state index >= 15 is 0 Å². The van der Waals surface area contributed by atoms with Crippen LogP contribution in [-0.4, -0.2) is 37.9 Å². The minimum absolute atomic E-state index is 0.0436. The highest BCUT2D eigenvalue weighted by molar-refractivity contribution is 6.04. The van der Waals surface area contributed by atoms with Crippen LogP contribution in [0, 0.1) is 0 Å². The van der Waals surface area contributed by atoms with Gasteiger partial charge in [-0.05, 0) is 55.5 Å². The zero-order valence-electron chi connectivity index (χ0n) is 21.0. The van der Waals surface area contributed by atoms with Crippen LogP contribution < -0.4 is 10.2 Å². The number of nitrogens with one attached hydrogen (secondary N) is 1. The molecule has 0 fully saturated rings. The van der Waals surface area contributed by atoms with Crippen molar-refractivity contribution in [3.05, 3.63) is 83.6 Å². The summed E-state index contributed by atoms with van der Waals surface area (Å²) in [5.41, 5.74) is 1.16. The molecule has 0 atom stereocenters. The molecule has 0 aliphatic rings. The Morgan fingerprint density at radius 1 is 0.972 bits per heavy atom. The minimum Gasteiger partial charge on any atom is -0.464 e. The van der Waals surface area contributed by atoms with Crippen molar-refractivity contribution in [3.63, 3.8) is 0 Å². The smallest absolute Gasteiger partial charge is 0.414 e. The van der Waals surface area contributed by atoms with E-state index in [0.717, 1.165) is 16.3 Å². The van der Waals surface area contributed by atoms with Crippen LogP contribution in [0.4, 0.5) is 15.3 Å². The van der Waals surface area contributed by atoms with Crippen molar-refractivity contribution in [3.8, 4) is 0 Å². The number of carbonyl (C=O) groups excluding carboxylic acids is 3. The standard InChI is InChI=1S/C28H30N2O6/c1-28(2,3)36-27(33)30(4)24-17-20(15-21-13-9-10-14-22(21)24)16-23(25(31)34-5)29-26(32)35-18-19-11-7-6-8-12-19/h6-17H,18H2,1-5H3,(H,29,32)/b23-16-. The van der Waals surface area contributed by atoms with Gasteiger partial charge in [0.05, 0.1) is 12.8 Å². The van der Waals surface area contributed by atoms with E-state index in [-0.39, 0.29) is 12.3 Å². The van der Waals surface area contributed by atoms with Crippen molar-refractivity contribution in [1.82, 2.24) is 5.32 Å². The van der Waals surface area contributed by atoms with Gasteiger partial charge in [0, 0.05) is 12.4 Å². The van der Waals surface area contributed by atoms with Gasteiger partial charge in [0.2, 0.25) is 0 Å². The van der Waals surface area contributed by atoms with Gasteiger partial charge in [0.25, 0.3) is 0 Å². The summed E-state index contributed by atoms with van der Waals surface area (Å²) in [4.78, 5) is 39.0. The monoisotopic (exact) mass is 490 g/mol. The Balaban J connectivity index is 1.93. The topological polar surface area (TPSA) is 94.2 Å². The molecule has 3 rings (SSSR count). The molecule has 8 nitrogen and oxygen atoms in total. The molecule has 1 N–H and O–H groups in total. The van der Waals surface area contributed by atoms with Gasteiger partial charge in [0.15, 0.2) is 0 Å². The van der Waals surface area contributed by atoms with E-state index in [1.165, 1.54) is 18.1 Å². The van der Waals surface area contributed by atoms with Gasteiger partial charge in [-0.3, -0.25) is 10.2 Å². The summed E-state index contributed by atoms with van der Waals surface area (Å²) in [5.74, 6) is -0.748. The first kappa shape index (κ1) is 26.3. The summed E-state index contributed by atoms with van der Waals surface area (Å²) in [6, 6.07) is 20.3. The summed E-state index contributed by atoms with van der Waals surface area (Å²) >= 11 is 0. The molecular formula is C28H30N2O6. The molecule has 0 bridgehead atoms. The Morgan fingerprint density at radius 2 is 1.64 bits per heavy atom. The van der Waals surface area contributed by atoms with Crippen molar-refractivity contribution >= 4 is 40.7 Å². The van der Waals surface area contributed by atoms with Gasteiger partial charge < -0.3 is 14.2 Å². The first-order chi connectivity index (χ1) is 17.1. The number of anilines is 1. The summed E-state index contributed by atoms with van der Waals surface area (Å²) < 4.78 is 15.6. The maximum absolute atomic E-state index is 12.8. The molecule has 3 aromatic rings. The molecule has 8 heteroatoms. The molecule has 0 aliphatic carbocycles. The lowest BCUT2D eigenvalue weighted by Crippen LogP contribution is -2.34. The molecule has 0 saturated carbocycles. The molecule has 0 spiro atoms. The second-order valence-electron chi connectivity index (χ2n) is 9.04. The molecule has 36 heavy (non-hydrogen) atoms. The average Bonchev–Trinajstić information content (AvgIpc) is 2.85. The number of alkyl carbamates (subject to hydrolysis) is 1. The van der Waals surface area contributed by atoms with Crippen LogP contribution in [-0.2, 0) is 25.6 Å². The summed E-state index contributed by atoms with van der Waals surface area (Å²) in [6.45, 7) is 5.42. The molecule has 2 amide bonds. The van der Waals surface area contributed by atoms with Crippen LogP contribution in [0.3, 0.4) is 0 Å². The number of methoxy groups -OCH3 is 1. The highest BCUT2D eigenvalue weighted by Crippen LogP contribution is 2.30. The number of carbonyl (C=O) groups is 3. The quantitative estimate of drug-likeness (QED) is 0.273. The number of rotatable bonds is 6. The molecule has 188 valence electrons. The Labute approximate surface area is 210 Å². The third kappa shape index (κ3) is 7.09. The largest absolute Gasteiger partial charge is 0.464 e. The fourth-order valence-corrected chi connectivity index (χ4v) is 3.39. The molecule has 0 unspecified atom stereocenters. The third-order valence-corrected chi connectivity index (χ3v) is 5.06. The first-order valence-corrected chi connectivity index (χ1v) is 11.3. The highest BCUT2D eigenvalue weighted by Gasteiger charge is 2.22. The zero-order chi connectivity index (χ0) is 26.3. The molecule has 0 saturated heterocycles. The molecule has 0 radical (unpaired) electrons. The number of hydrogen-bond acceptors (Lipinski definition) is 6. The maximum Gasteiger partial charge on any atom is 0.414 e. The van der Waals surface area contributed by atoms with E-state index in [0.29, 0.717) is 11.3 Å². The number of ether oxygens (including phenoxy) is 3. The highest BCUT2D eigenvalue weighted by atomic mass is 16.6. The lowest BCUT2D eigenvalue weighted by Gasteiger charge is -2.25. The summed E-state index contributed by atoms with van der Waals surface area (Å²) in [7, 11) is 2.83. The lowest BCUT2D eigenvalue weighted by atomic mass is 10.0. The molecule has 3 aromatic carbocycles. The molecule has 0 aromatic heterocycles. The Bertz CT molecular complexity index is 1280. The molecule has 0 aliphatic heterocycles. The third-order valence-electron chi connectivity index (χ3n) is 5.06. The molecule has 0 heterocycles. The average molecular weight is 491 g/mol. The van der Waals surface area contributed by atoms with E-state index in [2.05, 4.69) is 5.32 Å². The van der Waals surface area contributed by atoms with Gasteiger partial charge in [0.1, 0.15) is 17.9 Å². The lowest BCUT2D eigenvalue weighted by molar-refractivity contribution is -0.136. The predicted octanol–water partition coefficient (Wildman–Crippen LogP) is 5.65. The Hall–Kier alpha value is -4.33. The van der Waals surface area contributed by atoms with Gasteiger partial charge in [-0.15, -0.1) is 0 Å². The van der Waals surface area contributed by atoms with Crippen LogP contribution in [0.15, 0.2) is 72.4 Å². The number of esters is 1. The van der Waals surface area contributed by atoms with E-state index in [9.17, 15) is 14.4 Å². The van der Waals surface area contributed by atoms with Crippen molar-refractivity contribution in [2.24, 2.45) is 0 Å². The van der Waals surface area contributed by atoms with Crippen molar-refractivity contribution in [2.75, 3.05) is 19.1 Å². The fraction of sp³-hybridized carbons (Fsp3) is 0.250. The van der Waals surface area contributed by atoms with Gasteiger partial charge in [-0.25, -0.2) is 14.4 Å². The fourth-order valence-electron chi connectivity index (χ4n) is 3.39. The van der Waals surface area contributed by atoms with Gasteiger partial charge in [-0.2, -0.15) is 0 Å². The number of benzene rings is 3. The number of amides is 2. The van der Waals surface area contributed by atoms with Crippen LogP contribution in [0.2, 0.25) is 0 Å². The van der Waals surface area contributed by atoms with Gasteiger partial charge in [-0.1, -0.05) is 54.6 Å². The van der Waals surface area contributed by atoms with Gasteiger partial charge >= 0.3 is 18.2 Å². The number of nitrogens with zero attached hydrogens (tertiary/aromatic N) is 1. The zero-order valence-corrected chi connectivity index (χ0v) is 21.0. The van der Waals surface area contributed by atoms with Crippen molar-refractivity contribution in [1.29, 1.82) is 0 Å². The normalized spacial score (nSPS) is 11.5. The van der Waals surface area contributed by atoms with E-state index in [1.54, 1.807) is 33.9 Å². The van der Waals surface area contributed by atoms with Crippen LogP contribution in [0.5, 0.6) is 0 Å². The Morgan fingerprint density at radius 3 is 2.31 bits per heavy atom. The maximum atomic E-state index is 12.8. The second-order valence-corrected chi connectivity index (χ2v) is 9.04. The first-order valence-electron chi connectivity index (χ1n) is 11.3. The van der Waals surface area contributed by atoms with Crippen LogP contribution in [0.25, 0.3) is 16.8 Å². The van der Waals surface area contributed by atoms with E-state index < -0.39 is 23.8 Å². The number of fused-ring (bicyclic) bond motifs is 1. The SMILES string of the molecule is COC(=O)/C(=C/c1cc(N(C)C(=O)OC(C)(C)C)c2ccccc2c1)NC(=O)OCc1ccccc1. The van der Waals surface area contributed by atoms with E-state index in [1.807, 2.05) is 60.7 Å². The number of hydrogen-bond donors (Lipinski definition) is 1. The summed E-state index contributed by atoms with van der Waals surface area (Å²) in [5, 5.41) is 4.10. The van der Waals surface area contributed by atoms with E-state index in [4.69, 9.17) is 14.2 Å². The Kier molecular flexibility index (Phi) is 8.32. The minimum atomic E-state index is -0.803. The van der Waals surface area contributed by atoms with Crippen molar-refractivity contribution < 1.29 is 28.6 Å². The summed E-state index contributed by atoms with van der Waals surface area (Å²) in [6.07, 6.45) is 0.140. The predicted molar refractivity (Wildman–Crippen MR) is 138 cm³/mol.